The largest absolute Gasteiger partial charge is 0.487 e. The molecule has 0 aliphatic carbocycles. The fraction of sp³-hybridized carbons (Fsp3) is 0.188. The van der Waals surface area contributed by atoms with Crippen LogP contribution in [0.3, 0.4) is 0 Å². The van der Waals surface area contributed by atoms with Gasteiger partial charge in [0.2, 0.25) is 0 Å². The number of hydrogen-bond acceptors (Lipinski definition) is 5. The summed E-state index contributed by atoms with van der Waals surface area (Å²) in [4.78, 5) is 12.9. The van der Waals surface area contributed by atoms with E-state index in [1.165, 1.54) is 0 Å². The Morgan fingerprint density at radius 1 is 1.10 bits per heavy atom. The molecule has 1 N–H and O–H groups in total. The van der Waals surface area contributed by atoms with Crippen LogP contribution < -0.4 is 10.1 Å². The van der Waals surface area contributed by atoms with Crippen LogP contribution in [-0.2, 0) is 6.61 Å². The van der Waals surface area contributed by atoms with Gasteiger partial charge in [-0.25, -0.2) is 4.98 Å². The minimum Gasteiger partial charge on any atom is -0.487 e. The highest BCUT2D eigenvalue weighted by molar-refractivity contribution is 5.79. The molecule has 0 bridgehead atoms. The fourth-order valence-corrected chi connectivity index (χ4v) is 2.00. The van der Waals surface area contributed by atoms with Gasteiger partial charge in [0.1, 0.15) is 18.2 Å². The molecule has 0 amide bonds. The van der Waals surface area contributed by atoms with E-state index in [0.717, 1.165) is 34.7 Å². The highest BCUT2D eigenvalue weighted by Crippen LogP contribution is 2.19. The van der Waals surface area contributed by atoms with E-state index in [0.29, 0.717) is 6.61 Å². The third-order valence-corrected chi connectivity index (χ3v) is 3.03. The average Bonchev–Trinajstić information content (AvgIpc) is 2.54. The Morgan fingerprint density at radius 2 is 2.05 bits per heavy atom. The lowest BCUT2D eigenvalue weighted by atomic mass is 10.2. The molecular weight excluding hydrogens is 264 g/mol. The molecule has 2 aromatic heterocycles. The summed E-state index contributed by atoms with van der Waals surface area (Å²) < 4.78 is 5.74. The summed E-state index contributed by atoms with van der Waals surface area (Å²) in [6, 6.07) is 9.80. The van der Waals surface area contributed by atoms with Crippen molar-refractivity contribution in [1.82, 2.24) is 15.0 Å². The van der Waals surface area contributed by atoms with Gasteiger partial charge in [-0.1, -0.05) is 6.07 Å². The van der Waals surface area contributed by atoms with E-state index in [-0.39, 0.29) is 0 Å². The van der Waals surface area contributed by atoms with Gasteiger partial charge >= 0.3 is 0 Å². The summed E-state index contributed by atoms with van der Waals surface area (Å²) in [5, 5.41) is 4.20. The Balaban J connectivity index is 1.68. The Kier molecular flexibility index (Phi) is 3.91. The molecule has 0 atom stereocenters. The molecule has 5 nitrogen and oxygen atoms in total. The van der Waals surface area contributed by atoms with E-state index >= 15 is 0 Å². The second-order valence-electron chi connectivity index (χ2n) is 4.57. The van der Waals surface area contributed by atoms with E-state index in [1.54, 1.807) is 18.6 Å². The van der Waals surface area contributed by atoms with Gasteiger partial charge in [-0.15, -0.1) is 0 Å². The normalized spacial score (nSPS) is 10.5. The molecule has 0 aliphatic heterocycles. The Morgan fingerprint density at radius 3 is 2.86 bits per heavy atom. The fourth-order valence-electron chi connectivity index (χ4n) is 2.00. The lowest BCUT2D eigenvalue weighted by Gasteiger charge is -2.07. The van der Waals surface area contributed by atoms with Crippen LogP contribution in [0.15, 0.2) is 48.9 Å². The molecule has 0 saturated carbocycles. The van der Waals surface area contributed by atoms with Crippen LogP contribution in [0.4, 0.5) is 5.82 Å². The van der Waals surface area contributed by atoms with Crippen molar-refractivity contribution in [2.75, 3.05) is 11.9 Å². The molecule has 0 spiro atoms. The van der Waals surface area contributed by atoms with Gasteiger partial charge in [-0.2, -0.15) is 0 Å². The number of benzene rings is 1. The maximum absolute atomic E-state index is 5.74. The van der Waals surface area contributed by atoms with Crippen molar-refractivity contribution in [3.63, 3.8) is 0 Å². The maximum atomic E-state index is 5.74. The van der Waals surface area contributed by atoms with Gasteiger partial charge < -0.3 is 10.1 Å². The summed E-state index contributed by atoms with van der Waals surface area (Å²) in [5.74, 6) is 1.55. The molecule has 106 valence electrons. The average molecular weight is 280 g/mol. The van der Waals surface area contributed by atoms with E-state index < -0.39 is 0 Å². The zero-order valence-corrected chi connectivity index (χ0v) is 11.8. The number of hydrogen-bond donors (Lipinski definition) is 1. The number of anilines is 1. The van der Waals surface area contributed by atoms with Crippen molar-refractivity contribution < 1.29 is 4.74 Å². The topological polar surface area (TPSA) is 59.9 Å². The van der Waals surface area contributed by atoms with Crippen LogP contribution in [-0.4, -0.2) is 21.5 Å². The molecule has 0 aliphatic rings. The molecular formula is C16H16N4O. The highest BCUT2D eigenvalue weighted by atomic mass is 16.5. The molecule has 5 heteroatoms. The summed E-state index contributed by atoms with van der Waals surface area (Å²) in [6.07, 6.45) is 5.21. The monoisotopic (exact) mass is 280 g/mol. The first kappa shape index (κ1) is 13.3. The van der Waals surface area contributed by atoms with Crippen LogP contribution in [0.25, 0.3) is 10.9 Å². The van der Waals surface area contributed by atoms with Crippen molar-refractivity contribution in [1.29, 1.82) is 0 Å². The van der Waals surface area contributed by atoms with E-state index in [1.807, 2.05) is 37.3 Å². The second-order valence-corrected chi connectivity index (χ2v) is 4.57. The molecule has 0 saturated heterocycles. The molecule has 0 unspecified atom stereocenters. The van der Waals surface area contributed by atoms with E-state index in [4.69, 9.17) is 4.74 Å². The number of fused-ring (bicyclic) bond motifs is 1. The molecule has 3 rings (SSSR count). The van der Waals surface area contributed by atoms with Gasteiger partial charge in [0.05, 0.1) is 23.6 Å². The Hall–Kier alpha value is -2.69. The minimum absolute atomic E-state index is 0.387. The summed E-state index contributed by atoms with van der Waals surface area (Å²) >= 11 is 0. The van der Waals surface area contributed by atoms with Crippen LogP contribution in [0, 0.1) is 0 Å². The predicted molar refractivity (Wildman–Crippen MR) is 82.3 cm³/mol. The van der Waals surface area contributed by atoms with Crippen molar-refractivity contribution >= 4 is 16.7 Å². The number of nitrogens with zero attached hydrogens (tertiary/aromatic N) is 3. The van der Waals surface area contributed by atoms with Crippen molar-refractivity contribution in [2.24, 2.45) is 0 Å². The van der Waals surface area contributed by atoms with Crippen molar-refractivity contribution in [3.8, 4) is 5.75 Å². The number of ether oxygens (including phenoxy) is 1. The van der Waals surface area contributed by atoms with Crippen molar-refractivity contribution in [2.45, 2.75) is 13.5 Å². The van der Waals surface area contributed by atoms with E-state index in [2.05, 4.69) is 20.3 Å². The predicted octanol–water partition coefficient (Wildman–Crippen LogP) is 3.04. The molecule has 0 radical (unpaired) electrons. The summed E-state index contributed by atoms with van der Waals surface area (Å²) in [5.41, 5.74) is 1.71. The lowest BCUT2D eigenvalue weighted by Crippen LogP contribution is -2.03. The third kappa shape index (κ3) is 3.25. The maximum Gasteiger partial charge on any atom is 0.144 e. The van der Waals surface area contributed by atoms with Crippen LogP contribution >= 0.6 is 0 Å². The third-order valence-electron chi connectivity index (χ3n) is 3.03. The highest BCUT2D eigenvalue weighted by Gasteiger charge is 2.01. The first-order valence-electron chi connectivity index (χ1n) is 6.87. The van der Waals surface area contributed by atoms with Gasteiger partial charge in [-0.05, 0) is 25.1 Å². The summed E-state index contributed by atoms with van der Waals surface area (Å²) in [6.45, 7) is 3.23. The van der Waals surface area contributed by atoms with Crippen LogP contribution in [0.2, 0.25) is 0 Å². The Labute approximate surface area is 123 Å². The van der Waals surface area contributed by atoms with Crippen molar-refractivity contribution in [3.05, 3.63) is 54.6 Å². The second kappa shape index (κ2) is 6.17. The zero-order valence-electron chi connectivity index (χ0n) is 11.8. The van der Waals surface area contributed by atoms with Crippen LogP contribution in [0.5, 0.6) is 5.75 Å². The standard InChI is InChI=1S/C16H16N4O/c1-2-17-16-10-19-13(9-20-16)11-21-14-6-5-12-4-3-7-18-15(12)8-14/h3-10H,2,11H2,1H3,(H,17,20). The lowest BCUT2D eigenvalue weighted by molar-refractivity contribution is 0.301. The summed E-state index contributed by atoms with van der Waals surface area (Å²) in [7, 11) is 0. The van der Waals surface area contributed by atoms with E-state index in [9.17, 15) is 0 Å². The number of pyridine rings is 1. The molecule has 21 heavy (non-hydrogen) atoms. The smallest absolute Gasteiger partial charge is 0.144 e. The van der Waals surface area contributed by atoms with Gasteiger partial charge in [0.25, 0.3) is 0 Å². The Bertz CT molecular complexity index is 728. The SMILES string of the molecule is CCNc1cnc(COc2ccc3cccnc3c2)cn1. The number of aromatic nitrogens is 3. The molecule has 3 aromatic rings. The zero-order chi connectivity index (χ0) is 14.5. The van der Waals surface area contributed by atoms with Gasteiger partial charge in [0, 0.05) is 24.2 Å². The minimum atomic E-state index is 0.387. The first-order valence-corrected chi connectivity index (χ1v) is 6.87. The van der Waals surface area contributed by atoms with Crippen LogP contribution in [0.1, 0.15) is 12.6 Å². The molecule has 0 fully saturated rings. The number of nitrogens with one attached hydrogen (secondary N) is 1. The molecule has 2 heterocycles. The number of rotatable bonds is 5. The van der Waals surface area contributed by atoms with Gasteiger partial charge in [-0.3, -0.25) is 9.97 Å². The molecule has 1 aromatic carbocycles. The van der Waals surface area contributed by atoms with Gasteiger partial charge in [0.15, 0.2) is 0 Å². The quantitative estimate of drug-likeness (QED) is 0.778. The first-order chi connectivity index (χ1) is 10.3.